The van der Waals surface area contributed by atoms with Gasteiger partial charge in [0.2, 0.25) is 0 Å². The van der Waals surface area contributed by atoms with Crippen LogP contribution in [0.1, 0.15) is 35.7 Å². The van der Waals surface area contributed by atoms with E-state index in [1.807, 2.05) is 31.2 Å². The van der Waals surface area contributed by atoms with Gasteiger partial charge in [-0.05, 0) is 49.2 Å². The molecule has 0 aliphatic carbocycles. The zero-order valence-corrected chi connectivity index (χ0v) is 14.4. The van der Waals surface area contributed by atoms with Gasteiger partial charge in [-0.25, -0.2) is 4.98 Å². The molecule has 0 aliphatic rings. The molecule has 1 amide bonds. The molecule has 4 nitrogen and oxygen atoms in total. The van der Waals surface area contributed by atoms with Crippen LogP contribution in [0.15, 0.2) is 41.0 Å². The first kappa shape index (κ1) is 16.5. The molecule has 0 saturated carbocycles. The highest BCUT2D eigenvalue weighted by Gasteiger charge is 2.05. The monoisotopic (exact) mass is 361 g/mol. The average Bonchev–Trinajstić information content (AvgIpc) is 2.52. The molecule has 0 atom stereocenters. The molecule has 0 spiro atoms. The van der Waals surface area contributed by atoms with Crippen LogP contribution in [0.3, 0.4) is 0 Å². The molecule has 2 aromatic rings. The lowest BCUT2D eigenvalue weighted by molar-refractivity contribution is 0.0953. The molecule has 2 rings (SSSR count). The number of anilines is 2. The Hall–Kier alpha value is -1.88. The number of rotatable bonds is 6. The zero-order valence-electron chi connectivity index (χ0n) is 12.8. The third kappa shape index (κ3) is 4.56. The van der Waals surface area contributed by atoms with Gasteiger partial charge in [-0.1, -0.05) is 29.3 Å². The lowest BCUT2D eigenvalue weighted by atomic mass is 10.2. The van der Waals surface area contributed by atoms with Crippen LogP contribution in [-0.4, -0.2) is 17.4 Å². The predicted octanol–water partition coefficient (Wildman–Crippen LogP) is 4.43. The Morgan fingerprint density at radius 1 is 1.27 bits per heavy atom. The number of hydrogen-bond acceptors (Lipinski definition) is 3. The number of carbonyl (C=O) groups excluding carboxylic acids is 1. The Bertz CT molecular complexity index is 641. The van der Waals surface area contributed by atoms with Gasteiger partial charge in [0.15, 0.2) is 0 Å². The average molecular weight is 362 g/mol. The molecule has 1 aromatic carbocycles. The number of pyridine rings is 1. The summed E-state index contributed by atoms with van der Waals surface area (Å²) in [5.41, 5.74) is 2.69. The van der Waals surface area contributed by atoms with Crippen molar-refractivity contribution < 1.29 is 4.79 Å². The fraction of sp³-hybridized carbons (Fsp3) is 0.294. The highest BCUT2D eigenvalue weighted by atomic mass is 79.9. The van der Waals surface area contributed by atoms with Crippen LogP contribution in [0.5, 0.6) is 0 Å². The summed E-state index contributed by atoms with van der Waals surface area (Å²) in [5, 5.41) is 6.10. The molecule has 0 aliphatic heterocycles. The number of aryl methyl sites for hydroxylation is 1. The minimum Gasteiger partial charge on any atom is -0.352 e. The summed E-state index contributed by atoms with van der Waals surface area (Å²) in [7, 11) is 0. The predicted molar refractivity (Wildman–Crippen MR) is 93.6 cm³/mol. The van der Waals surface area contributed by atoms with Gasteiger partial charge in [-0.15, -0.1) is 0 Å². The first-order valence-corrected chi connectivity index (χ1v) is 8.17. The largest absolute Gasteiger partial charge is 0.352 e. The van der Waals surface area contributed by atoms with Gasteiger partial charge in [0.1, 0.15) is 5.82 Å². The van der Waals surface area contributed by atoms with Crippen LogP contribution < -0.4 is 10.6 Å². The van der Waals surface area contributed by atoms with E-state index in [2.05, 4.69) is 38.5 Å². The van der Waals surface area contributed by atoms with E-state index < -0.39 is 0 Å². The van der Waals surface area contributed by atoms with E-state index in [1.54, 1.807) is 12.3 Å². The maximum Gasteiger partial charge on any atom is 0.252 e. The van der Waals surface area contributed by atoms with E-state index in [1.165, 1.54) is 0 Å². The number of aromatic nitrogens is 1. The van der Waals surface area contributed by atoms with Crippen LogP contribution in [0.4, 0.5) is 11.5 Å². The standard InChI is InChI=1S/C17H20BrN3O/c1-3-4-9-19-17(22)13-5-8-16(20-11-13)21-14-6-7-15(18)12(2)10-14/h5-8,10-11H,3-4,9H2,1-2H3,(H,19,22)(H,20,21). The van der Waals surface area contributed by atoms with Crippen molar-refractivity contribution in [1.29, 1.82) is 0 Å². The second-order valence-corrected chi connectivity index (χ2v) is 5.98. The summed E-state index contributed by atoms with van der Waals surface area (Å²) in [6, 6.07) is 9.60. The van der Waals surface area contributed by atoms with Crippen molar-refractivity contribution in [3.05, 3.63) is 52.1 Å². The van der Waals surface area contributed by atoms with Gasteiger partial charge in [-0.3, -0.25) is 4.79 Å². The molecule has 22 heavy (non-hydrogen) atoms. The van der Waals surface area contributed by atoms with Gasteiger partial charge in [0.25, 0.3) is 5.91 Å². The van der Waals surface area contributed by atoms with E-state index in [4.69, 9.17) is 0 Å². The van der Waals surface area contributed by atoms with Crippen LogP contribution in [0, 0.1) is 6.92 Å². The molecule has 0 fully saturated rings. The van der Waals surface area contributed by atoms with Crippen molar-refractivity contribution in [3.63, 3.8) is 0 Å². The number of benzene rings is 1. The molecular formula is C17H20BrN3O. The summed E-state index contributed by atoms with van der Waals surface area (Å²) in [6.07, 6.45) is 3.64. The fourth-order valence-corrected chi connectivity index (χ4v) is 2.20. The molecule has 5 heteroatoms. The summed E-state index contributed by atoms with van der Waals surface area (Å²) in [6.45, 7) is 4.83. The normalized spacial score (nSPS) is 10.3. The van der Waals surface area contributed by atoms with Crippen molar-refractivity contribution in [2.24, 2.45) is 0 Å². The number of nitrogens with one attached hydrogen (secondary N) is 2. The summed E-state index contributed by atoms with van der Waals surface area (Å²) in [4.78, 5) is 16.2. The second-order valence-electron chi connectivity index (χ2n) is 5.13. The van der Waals surface area contributed by atoms with Gasteiger partial charge in [-0.2, -0.15) is 0 Å². The number of nitrogens with zero attached hydrogens (tertiary/aromatic N) is 1. The molecule has 0 unspecified atom stereocenters. The summed E-state index contributed by atoms with van der Waals surface area (Å²) in [5.74, 6) is 0.638. The Balaban J connectivity index is 1.99. The number of carbonyl (C=O) groups is 1. The lowest BCUT2D eigenvalue weighted by Crippen LogP contribution is -2.24. The van der Waals surface area contributed by atoms with Crippen LogP contribution >= 0.6 is 15.9 Å². The second kappa shape index (κ2) is 7.94. The molecule has 116 valence electrons. The quantitative estimate of drug-likeness (QED) is 0.748. The minimum absolute atomic E-state index is 0.0769. The molecule has 0 saturated heterocycles. The first-order chi connectivity index (χ1) is 10.6. The van der Waals surface area contributed by atoms with Crippen molar-refractivity contribution >= 4 is 33.3 Å². The first-order valence-electron chi connectivity index (χ1n) is 7.37. The molecule has 0 radical (unpaired) electrons. The molecule has 1 heterocycles. The maximum absolute atomic E-state index is 11.9. The third-order valence-corrected chi connectivity index (χ3v) is 4.16. The van der Waals surface area contributed by atoms with E-state index in [0.717, 1.165) is 28.6 Å². The smallest absolute Gasteiger partial charge is 0.252 e. The highest BCUT2D eigenvalue weighted by molar-refractivity contribution is 9.10. The van der Waals surface area contributed by atoms with Crippen LogP contribution in [0.25, 0.3) is 0 Å². The summed E-state index contributed by atoms with van der Waals surface area (Å²) < 4.78 is 1.07. The lowest BCUT2D eigenvalue weighted by Gasteiger charge is -2.08. The summed E-state index contributed by atoms with van der Waals surface area (Å²) >= 11 is 3.48. The highest BCUT2D eigenvalue weighted by Crippen LogP contribution is 2.22. The Kier molecular flexibility index (Phi) is 5.95. The number of halogens is 1. The van der Waals surface area contributed by atoms with Crippen molar-refractivity contribution in [2.75, 3.05) is 11.9 Å². The van der Waals surface area contributed by atoms with E-state index >= 15 is 0 Å². The van der Waals surface area contributed by atoms with Crippen molar-refractivity contribution in [3.8, 4) is 0 Å². The number of amides is 1. The maximum atomic E-state index is 11.9. The Labute approximate surface area is 139 Å². The zero-order chi connectivity index (χ0) is 15.9. The minimum atomic E-state index is -0.0769. The SMILES string of the molecule is CCCCNC(=O)c1ccc(Nc2ccc(Br)c(C)c2)nc1. The van der Waals surface area contributed by atoms with Crippen molar-refractivity contribution in [2.45, 2.75) is 26.7 Å². The topological polar surface area (TPSA) is 54.0 Å². The van der Waals surface area contributed by atoms with Crippen LogP contribution in [-0.2, 0) is 0 Å². The molecule has 2 N–H and O–H groups in total. The third-order valence-electron chi connectivity index (χ3n) is 3.27. The Morgan fingerprint density at radius 2 is 2.09 bits per heavy atom. The van der Waals surface area contributed by atoms with Gasteiger partial charge < -0.3 is 10.6 Å². The van der Waals surface area contributed by atoms with Crippen molar-refractivity contribution in [1.82, 2.24) is 10.3 Å². The van der Waals surface area contributed by atoms with E-state index in [-0.39, 0.29) is 5.91 Å². The Morgan fingerprint density at radius 3 is 2.73 bits per heavy atom. The fourth-order valence-electron chi connectivity index (χ4n) is 1.95. The van der Waals surface area contributed by atoms with Crippen LogP contribution in [0.2, 0.25) is 0 Å². The van der Waals surface area contributed by atoms with Gasteiger partial charge >= 0.3 is 0 Å². The molecule has 1 aromatic heterocycles. The number of hydrogen-bond donors (Lipinski definition) is 2. The van der Waals surface area contributed by atoms with E-state index in [9.17, 15) is 4.79 Å². The molecular weight excluding hydrogens is 342 g/mol. The van der Waals surface area contributed by atoms with Gasteiger partial charge in [0, 0.05) is 22.9 Å². The molecule has 0 bridgehead atoms. The van der Waals surface area contributed by atoms with E-state index in [0.29, 0.717) is 17.9 Å². The number of unbranched alkanes of at least 4 members (excludes halogenated alkanes) is 1. The van der Waals surface area contributed by atoms with Gasteiger partial charge in [0.05, 0.1) is 5.56 Å².